The zero-order chi connectivity index (χ0) is 48.6. The fraction of sp³-hybridized carbons (Fsp3) is 0.623. The number of hydrogen-bond donors (Lipinski definition) is 0. The van der Waals surface area contributed by atoms with Crippen LogP contribution in [0.5, 0.6) is 0 Å². The molecular weight excluding hydrogens is 829 g/mol. The van der Waals surface area contributed by atoms with Crippen molar-refractivity contribution in [2.24, 2.45) is 0 Å². The maximum absolute atomic E-state index is 12.8. The van der Waals surface area contributed by atoms with Crippen LogP contribution < -0.4 is 0 Å². The third-order valence-electron chi connectivity index (χ3n) is 10.9. The third kappa shape index (κ3) is 52.6. The fourth-order valence-electron chi connectivity index (χ4n) is 6.87. The van der Waals surface area contributed by atoms with Gasteiger partial charge in [-0.1, -0.05) is 200 Å². The van der Waals surface area contributed by atoms with Crippen LogP contribution in [-0.2, 0) is 28.6 Å². The minimum absolute atomic E-state index is 0.119. The average molecular weight is 927 g/mol. The predicted octanol–water partition coefficient (Wildman–Crippen LogP) is 18.1. The van der Waals surface area contributed by atoms with Gasteiger partial charge in [-0.2, -0.15) is 0 Å². The second kappa shape index (κ2) is 54.4. The number of carbonyl (C=O) groups excluding carboxylic acids is 3. The molecule has 0 aliphatic heterocycles. The zero-order valence-electron chi connectivity index (χ0n) is 43.1. The molecule has 0 radical (unpaired) electrons. The maximum Gasteiger partial charge on any atom is 0.306 e. The van der Waals surface area contributed by atoms with Crippen LogP contribution in [0.1, 0.15) is 226 Å². The van der Waals surface area contributed by atoms with Crippen molar-refractivity contribution in [3.8, 4) is 0 Å². The van der Waals surface area contributed by atoms with Crippen LogP contribution in [0.2, 0.25) is 0 Å². The van der Waals surface area contributed by atoms with Crippen LogP contribution in [-0.4, -0.2) is 37.2 Å². The first-order chi connectivity index (χ1) is 33.0. The lowest BCUT2D eigenvalue weighted by atomic mass is 10.1. The highest BCUT2D eigenvalue weighted by molar-refractivity contribution is 5.71. The van der Waals surface area contributed by atoms with Gasteiger partial charge < -0.3 is 14.2 Å². The Balaban J connectivity index is 4.56. The minimum Gasteiger partial charge on any atom is -0.462 e. The summed E-state index contributed by atoms with van der Waals surface area (Å²) in [5.41, 5.74) is 0. The van der Waals surface area contributed by atoms with Gasteiger partial charge >= 0.3 is 17.9 Å². The van der Waals surface area contributed by atoms with E-state index in [0.29, 0.717) is 19.3 Å². The van der Waals surface area contributed by atoms with Gasteiger partial charge in [0.2, 0.25) is 0 Å². The Morgan fingerprint density at radius 1 is 0.313 bits per heavy atom. The molecule has 6 nitrogen and oxygen atoms in total. The predicted molar refractivity (Wildman–Crippen MR) is 288 cm³/mol. The molecule has 0 saturated carbocycles. The molecule has 6 heteroatoms. The van der Waals surface area contributed by atoms with Crippen LogP contribution in [0.3, 0.4) is 0 Å². The Kier molecular flexibility index (Phi) is 51.0. The Morgan fingerprint density at radius 2 is 0.597 bits per heavy atom. The van der Waals surface area contributed by atoms with Gasteiger partial charge in [-0.25, -0.2) is 0 Å². The van der Waals surface area contributed by atoms with Gasteiger partial charge in [0.25, 0.3) is 0 Å². The number of rotatable bonds is 47. The van der Waals surface area contributed by atoms with Crippen LogP contribution in [0.4, 0.5) is 0 Å². The van der Waals surface area contributed by atoms with E-state index in [-0.39, 0.29) is 44.0 Å². The number of ether oxygens (including phenoxy) is 3. The molecule has 0 spiro atoms. The van der Waals surface area contributed by atoms with Crippen LogP contribution in [0, 0.1) is 0 Å². The van der Waals surface area contributed by atoms with E-state index in [1.165, 1.54) is 77.0 Å². The largest absolute Gasteiger partial charge is 0.462 e. The van der Waals surface area contributed by atoms with Gasteiger partial charge in [0.05, 0.1) is 0 Å². The summed E-state index contributed by atoms with van der Waals surface area (Å²) in [6, 6.07) is 0. The fourth-order valence-corrected chi connectivity index (χ4v) is 6.87. The lowest BCUT2D eigenvalue weighted by Gasteiger charge is -2.18. The molecule has 0 aromatic rings. The summed E-state index contributed by atoms with van der Waals surface area (Å²) in [5, 5.41) is 0. The Labute approximate surface area is 412 Å². The molecule has 378 valence electrons. The molecule has 0 rings (SSSR count). The highest BCUT2D eigenvalue weighted by atomic mass is 16.6. The van der Waals surface area contributed by atoms with E-state index >= 15 is 0 Å². The summed E-state index contributed by atoms with van der Waals surface area (Å²) in [7, 11) is 0. The topological polar surface area (TPSA) is 78.9 Å². The molecular formula is C61H98O6. The molecule has 0 aromatic heterocycles. The van der Waals surface area contributed by atoms with Gasteiger partial charge in [0.1, 0.15) is 13.2 Å². The SMILES string of the molecule is CC/C=C\C/C=C\C/C=C\C/C=C\CCCCC(=O)O[C@H](COC(=O)CCC/C=C\C/C=C\C/C=C\C/C=C\CCCCC)COC(=O)CCCCCCCCC/C=C\C/C=C\CCCCC. The van der Waals surface area contributed by atoms with Crippen LogP contribution in [0.15, 0.2) is 122 Å². The molecule has 0 aromatic carbocycles. The molecule has 0 aliphatic carbocycles. The summed E-state index contributed by atoms with van der Waals surface area (Å²) in [6.07, 6.45) is 74.7. The third-order valence-corrected chi connectivity index (χ3v) is 10.9. The van der Waals surface area contributed by atoms with Crippen molar-refractivity contribution in [3.05, 3.63) is 122 Å². The summed E-state index contributed by atoms with van der Waals surface area (Å²) in [6.45, 7) is 6.37. The highest BCUT2D eigenvalue weighted by Crippen LogP contribution is 2.12. The van der Waals surface area contributed by atoms with Crippen molar-refractivity contribution >= 4 is 17.9 Å². The standard InChI is InChI=1S/C61H98O6/c1-4-7-10-13-16-19-22-25-28-30-33-35-38-41-44-47-50-53-59(62)65-56-58(67-61(64)55-52-49-46-43-40-37-32-27-24-21-18-15-12-9-6-3)57-66-60(63)54-51-48-45-42-39-36-34-31-29-26-23-20-17-14-11-8-5-2/h9,12,16-21,25-29,32-33,35,40-41,43-44,58H,4-8,10-11,13-15,22-24,30-31,34,36-39,42,45-57H2,1-3H3/b12-9-,19-16-,20-17-,21-18-,28-25-,29-26-,32-27-,35-33-,43-40-,44-41-/t58-/m1/s1. The van der Waals surface area contributed by atoms with Crippen molar-refractivity contribution < 1.29 is 28.6 Å². The monoisotopic (exact) mass is 927 g/mol. The van der Waals surface area contributed by atoms with Gasteiger partial charge in [-0.3, -0.25) is 14.4 Å². The summed E-state index contributed by atoms with van der Waals surface area (Å²) < 4.78 is 16.7. The number of carbonyl (C=O) groups is 3. The van der Waals surface area contributed by atoms with E-state index in [1.54, 1.807) is 0 Å². The van der Waals surface area contributed by atoms with E-state index in [1.807, 2.05) is 0 Å². The summed E-state index contributed by atoms with van der Waals surface area (Å²) in [4.78, 5) is 38.0. The normalized spacial score (nSPS) is 13.1. The van der Waals surface area contributed by atoms with Gasteiger partial charge in [-0.15, -0.1) is 0 Å². The molecule has 67 heavy (non-hydrogen) atoms. The molecule has 1 atom stereocenters. The van der Waals surface area contributed by atoms with Crippen molar-refractivity contribution in [1.82, 2.24) is 0 Å². The van der Waals surface area contributed by atoms with E-state index in [2.05, 4.69) is 142 Å². The second-order valence-corrected chi connectivity index (χ2v) is 17.4. The smallest absolute Gasteiger partial charge is 0.306 e. The number of allylic oxidation sites excluding steroid dienone is 20. The van der Waals surface area contributed by atoms with Crippen molar-refractivity contribution in [2.45, 2.75) is 232 Å². The number of hydrogen-bond acceptors (Lipinski definition) is 6. The van der Waals surface area contributed by atoms with Crippen molar-refractivity contribution in [2.75, 3.05) is 13.2 Å². The van der Waals surface area contributed by atoms with E-state index < -0.39 is 6.10 Å². The summed E-state index contributed by atoms with van der Waals surface area (Å²) >= 11 is 0. The highest BCUT2D eigenvalue weighted by Gasteiger charge is 2.19. The first-order valence-electron chi connectivity index (χ1n) is 27.0. The van der Waals surface area contributed by atoms with Crippen molar-refractivity contribution in [1.29, 1.82) is 0 Å². The molecule has 0 N–H and O–H groups in total. The Morgan fingerprint density at radius 3 is 1.00 bits per heavy atom. The Bertz CT molecular complexity index is 1440. The summed E-state index contributed by atoms with van der Waals surface area (Å²) in [5.74, 6) is -1.03. The molecule has 0 bridgehead atoms. The van der Waals surface area contributed by atoms with Crippen molar-refractivity contribution in [3.63, 3.8) is 0 Å². The van der Waals surface area contributed by atoms with Gasteiger partial charge in [0, 0.05) is 19.3 Å². The Hall–Kier alpha value is -4.19. The van der Waals surface area contributed by atoms with Gasteiger partial charge in [-0.05, 0) is 128 Å². The van der Waals surface area contributed by atoms with Crippen LogP contribution >= 0.6 is 0 Å². The number of esters is 3. The molecule has 0 saturated heterocycles. The average Bonchev–Trinajstić information content (AvgIpc) is 3.33. The maximum atomic E-state index is 12.8. The second-order valence-electron chi connectivity index (χ2n) is 17.4. The quantitative estimate of drug-likeness (QED) is 0.0262. The van der Waals surface area contributed by atoms with Gasteiger partial charge in [0.15, 0.2) is 6.10 Å². The molecule has 0 heterocycles. The lowest BCUT2D eigenvalue weighted by Crippen LogP contribution is -2.30. The lowest BCUT2D eigenvalue weighted by molar-refractivity contribution is -0.167. The molecule has 0 aliphatic rings. The first-order valence-corrected chi connectivity index (χ1v) is 27.0. The molecule has 0 fully saturated rings. The van der Waals surface area contributed by atoms with E-state index in [4.69, 9.17) is 14.2 Å². The van der Waals surface area contributed by atoms with E-state index in [9.17, 15) is 14.4 Å². The first kappa shape index (κ1) is 62.8. The minimum atomic E-state index is -0.829. The zero-order valence-corrected chi connectivity index (χ0v) is 43.1. The van der Waals surface area contributed by atoms with E-state index in [0.717, 1.165) is 96.3 Å². The molecule has 0 unspecified atom stereocenters. The van der Waals surface area contributed by atoms with Crippen LogP contribution in [0.25, 0.3) is 0 Å². The molecule has 0 amide bonds. The number of unbranched alkanes of at least 4 members (excludes halogenated alkanes) is 16.